The maximum atomic E-state index is 12.8. The van der Waals surface area contributed by atoms with Crippen LogP contribution in [0.3, 0.4) is 0 Å². The van der Waals surface area contributed by atoms with E-state index in [1.165, 1.54) is 16.4 Å². The Balaban J connectivity index is 2.58. The van der Waals surface area contributed by atoms with Crippen LogP contribution in [0.25, 0.3) is 0 Å². The van der Waals surface area contributed by atoms with E-state index in [9.17, 15) is 8.42 Å². The highest BCUT2D eigenvalue weighted by molar-refractivity contribution is 7.92. The van der Waals surface area contributed by atoms with Gasteiger partial charge in [-0.1, -0.05) is 24.3 Å². The van der Waals surface area contributed by atoms with Crippen LogP contribution in [0.4, 0.5) is 5.69 Å². The summed E-state index contributed by atoms with van der Waals surface area (Å²) in [5, 5.41) is 9.12. The van der Waals surface area contributed by atoms with Gasteiger partial charge in [0.1, 0.15) is 11.0 Å². The second-order valence-corrected chi connectivity index (χ2v) is 6.45. The van der Waals surface area contributed by atoms with E-state index in [-0.39, 0.29) is 10.5 Å². The summed E-state index contributed by atoms with van der Waals surface area (Å²) < 4.78 is 27.0. The molecule has 0 saturated carbocycles. The zero-order valence-electron chi connectivity index (χ0n) is 11.9. The van der Waals surface area contributed by atoms with Crippen molar-refractivity contribution in [3.05, 3.63) is 59.7 Å². The predicted octanol–water partition coefficient (Wildman–Crippen LogP) is 3.08. The van der Waals surface area contributed by atoms with Crippen molar-refractivity contribution in [1.82, 2.24) is 0 Å². The highest BCUT2D eigenvalue weighted by Crippen LogP contribution is 2.26. The van der Waals surface area contributed by atoms with Crippen LogP contribution in [0, 0.1) is 18.3 Å². The van der Waals surface area contributed by atoms with Crippen LogP contribution in [0.5, 0.6) is 0 Å². The van der Waals surface area contributed by atoms with Gasteiger partial charge < -0.3 is 0 Å². The number of anilines is 1. The second-order valence-electron chi connectivity index (χ2n) is 4.62. The van der Waals surface area contributed by atoms with E-state index in [1.807, 2.05) is 31.2 Å². The van der Waals surface area contributed by atoms with E-state index in [2.05, 4.69) is 0 Å². The highest BCUT2D eigenvalue weighted by atomic mass is 32.2. The van der Waals surface area contributed by atoms with Crippen molar-refractivity contribution in [2.24, 2.45) is 0 Å². The molecule has 2 aromatic carbocycles. The Hall–Kier alpha value is -2.32. The van der Waals surface area contributed by atoms with E-state index in [1.54, 1.807) is 25.1 Å². The molecule has 5 heteroatoms. The molecule has 0 atom stereocenters. The fourth-order valence-corrected chi connectivity index (χ4v) is 3.79. The lowest BCUT2D eigenvalue weighted by molar-refractivity contribution is 0.591. The van der Waals surface area contributed by atoms with Gasteiger partial charge in [-0.2, -0.15) is 5.26 Å². The van der Waals surface area contributed by atoms with Crippen LogP contribution in [-0.2, 0) is 10.0 Å². The van der Waals surface area contributed by atoms with Crippen molar-refractivity contribution in [3.63, 3.8) is 0 Å². The van der Waals surface area contributed by atoms with Gasteiger partial charge in [0.25, 0.3) is 10.0 Å². The number of hydrogen-bond acceptors (Lipinski definition) is 3. The average Bonchev–Trinajstić information content (AvgIpc) is 2.47. The van der Waals surface area contributed by atoms with Gasteiger partial charge in [-0.3, -0.25) is 4.31 Å². The third-order valence-electron chi connectivity index (χ3n) is 3.15. The Morgan fingerprint density at radius 1 is 1.14 bits per heavy atom. The maximum Gasteiger partial charge on any atom is 0.265 e. The number of hydrogen-bond donors (Lipinski definition) is 0. The molecule has 0 radical (unpaired) electrons. The Kier molecular flexibility index (Phi) is 4.29. The smallest absolute Gasteiger partial charge is 0.265 e. The molecule has 108 valence electrons. The summed E-state index contributed by atoms with van der Waals surface area (Å²) in [6, 6.07) is 15.5. The van der Waals surface area contributed by atoms with Crippen LogP contribution >= 0.6 is 0 Å². The molecule has 2 aromatic rings. The van der Waals surface area contributed by atoms with Gasteiger partial charge in [-0.15, -0.1) is 0 Å². The van der Waals surface area contributed by atoms with Gasteiger partial charge in [0, 0.05) is 6.54 Å². The summed E-state index contributed by atoms with van der Waals surface area (Å²) in [5.74, 6) is 0. The molecular weight excluding hydrogens is 284 g/mol. The minimum atomic E-state index is -3.75. The van der Waals surface area contributed by atoms with Crippen LogP contribution in [0.2, 0.25) is 0 Å². The first-order chi connectivity index (χ1) is 10.0. The van der Waals surface area contributed by atoms with Crippen LogP contribution in [0.15, 0.2) is 53.4 Å². The summed E-state index contributed by atoms with van der Waals surface area (Å²) in [5.41, 5.74) is 1.74. The molecule has 0 N–H and O–H groups in total. The molecule has 0 saturated heterocycles. The molecule has 2 rings (SSSR count). The summed E-state index contributed by atoms with van der Waals surface area (Å²) in [4.78, 5) is 0.0378. The van der Waals surface area contributed by atoms with Crippen molar-refractivity contribution < 1.29 is 8.42 Å². The summed E-state index contributed by atoms with van der Waals surface area (Å²) in [6.45, 7) is 3.98. The first-order valence-electron chi connectivity index (χ1n) is 6.59. The number of aryl methyl sites for hydroxylation is 1. The molecule has 0 spiro atoms. The predicted molar refractivity (Wildman–Crippen MR) is 82.5 cm³/mol. The maximum absolute atomic E-state index is 12.8. The molecule has 0 bridgehead atoms. The highest BCUT2D eigenvalue weighted by Gasteiger charge is 2.26. The van der Waals surface area contributed by atoms with Crippen molar-refractivity contribution in [1.29, 1.82) is 5.26 Å². The minimum Gasteiger partial charge on any atom is -0.267 e. The largest absolute Gasteiger partial charge is 0.267 e. The number of nitrogens with zero attached hydrogens (tertiary/aromatic N) is 2. The van der Waals surface area contributed by atoms with Crippen LogP contribution in [0.1, 0.15) is 18.1 Å². The molecule has 0 amide bonds. The molecule has 0 aliphatic rings. The van der Waals surface area contributed by atoms with Gasteiger partial charge in [-0.05, 0) is 43.7 Å². The molecule has 0 unspecified atom stereocenters. The van der Waals surface area contributed by atoms with E-state index < -0.39 is 10.0 Å². The van der Waals surface area contributed by atoms with Gasteiger partial charge in [0.2, 0.25) is 0 Å². The number of sulfonamides is 1. The Morgan fingerprint density at radius 3 is 2.48 bits per heavy atom. The zero-order chi connectivity index (χ0) is 15.5. The van der Waals surface area contributed by atoms with Gasteiger partial charge in [0.15, 0.2) is 0 Å². The standard InChI is InChI=1S/C16H16N2O2S/c1-3-18(15-9-6-7-13(2)11-15)21(19,20)16-10-5-4-8-14(16)12-17/h4-11H,3H2,1-2H3. The first-order valence-corrected chi connectivity index (χ1v) is 8.03. The number of benzene rings is 2. The zero-order valence-corrected chi connectivity index (χ0v) is 12.8. The van der Waals surface area contributed by atoms with E-state index in [4.69, 9.17) is 5.26 Å². The average molecular weight is 300 g/mol. The van der Waals surface area contributed by atoms with Crippen molar-refractivity contribution >= 4 is 15.7 Å². The first kappa shape index (κ1) is 15.1. The molecule has 0 aromatic heterocycles. The Morgan fingerprint density at radius 2 is 1.86 bits per heavy atom. The number of nitriles is 1. The topological polar surface area (TPSA) is 61.2 Å². The minimum absolute atomic E-state index is 0.0378. The second kappa shape index (κ2) is 5.98. The lowest BCUT2D eigenvalue weighted by Crippen LogP contribution is -2.31. The van der Waals surface area contributed by atoms with Crippen molar-refractivity contribution in [3.8, 4) is 6.07 Å². The molecule has 0 aliphatic carbocycles. The summed E-state index contributed by atoms with van der Waals surface area (Å²) >= 11 is 0. The molecule has 0 fully saturated rings. The Bertz CT molecular complexity index is 792. The van der Waals surface area contributed by atoms with E-state index in [0.717, 1.165) is 5.56 Å². The molecule has 0 aliphatic heterocycles. The third-order valence-corrected chi connectivity index (χ3v) is 5.11. The van der Waals surface area contributed by atoms with Crippen molar-refractivity contribution in [2.75, 3.05) is 10.8 Å². The van der Waals surface area contributed by atoms with Gasteiger partial charge in [0.05, 0.1) is 11.3 Å². The molecule has 21 heavy (non-hydrogen) atoms. The van der Waals surface area contributed by atoms with Crippen molar-refractivity contribution in [2.45, 2.75) is 18.7 Å². The quantitative estimate of drug-likeness (QED) is 0.871. The lowest BCUT2D eigenvalue weighted by Gasteiger charge is -2.23. The van der Waals surface area contributed by atoms with Gasteiger partial charge in [-0.25, -0.2) is 8.42 Å². The van der Waals surface area contributed by atoms with Gasteiger partial charge >= 0.3 is 0 Å². The fourth-order valence-electron chi connectivity index (χ4n) is 2.18. The summed E-state index contributed by atoms with van der Waals surface area (Å²) in [6.07, 6.45) is 0. The normalized spacial score (nSPS) is 10.9. The van der Waals surface area contributed by atoms with Crippen LogP contribution in [-0.4, -0.2) is 15.0 Å². The molecule has 0 heterocycles. The van der Waals surface area contributed by atoms with E-state index in [0.29, 0.717) is 12.2 Å². The Labute approximate surface area is 125 Å². The molecule has 4 nitrogen and oxygen atoms in total. The third kappa shape index (κ3) is 2.91. The summed E-state index contributed by atoms with van der Waals surface area (Å²) in [7, 11) is -3.75. The fraction of sp³-hybridized carbons (Fsp3) is 0.188. The SMILES string of the molecule is CCN(c1cccc(C)c1)S(=O)(=O)c1ccccc1C#N. The number of rotatable bonds is 4. The van der Waals surface area contributed by atoms with Crippen LogP contribution < -0.4 is 4.31 Å². The monoisotopic (exact) mass is 300 g/mol. The van der Waals surface area contributed by atoms with E-state index >= 15 is 0 Å². The lowest BCUT2D eigenvalue weighted by atomic mass is 10.2. The molecular formula is C16H16N2O2S.